The zero-order valence-corrected chi connectivity index (χ0v) is 7.07. The number of allylic oxidation sites excluding steroid dienone is 1. The van der Waals surface area contributed by atoms with E-state index in [2.05, 4.69) is 6.58 Å². The summed E-state index contributed by atoms with van der Waals surface area (Å²) in [6.07, 6.45) is 2.39. The Balaban J connectivity index is 0. The highest BCUT2D eigenvalue weighted by Gasteiger charge is 1.93. The second-order valence-electron chi connectivity index (χ2n) is 1.82. The van der Waals surface area contributed by atoms with Crippen LogP contribution in [0.5, 0.6) is 0 Å². The lowest BCUT2D eigenvalue weighted by Gasteiger charge is -1.84. The van der Waals surface area contributed by atoms with Crippen LogP contribution in [-0.2, 0) is 9.59 Å². The van der Waals surface area contributed by atoms with Gasteiger partial charge in [0.25, 0.3) is 0 Å². The van der Waals surface area contributed by atoms with Gasteiger partial charge < -0.3 is 10.2 Å². The fourth-order valence-corrected chi connectivity index (χ4v) is 0.123. The van der Waals surface area contributed by atoms with Gasteiger partial charge in [0, 0.05) is 11.6 Å². The molecule has 0 fully saturated rings. The highest BCUT2D eigenvalue weighted by molar-refractivity contribution is 5.85. The SMILES string of the molecule is C/C=C(\C)C(=O)O.C=CC(=O)O. The van der Waals surface area contributed by atoms with Crippen molar-refractivity contribution in [3.63, 3.8) is 0 Å². The van der Waals surface area contributed by atoms with E-state index in [1.165, 1.54) is 0 Å². The summed E-state index contributed by atoms with van der Waals surface area (Å²) in [4.78, 5) is 19.1. The molecule has 0 rings (SSSR count). The average molecular weight is 172 g/mol. The summed E-state index contributed by atoms with van der Waals surface area (Å²) in [5, 5.41) is 15.7. The van der Waals surface area contributed by atoms with Crippen LogP contribution in [0.4, 0.5) is 0 Å². The maximum Gasteiger partial charge on any atom is 0.330 e. The van der Waals surface area contributed by atoms with Gasteiger partial charge in [-0.05, 0) is 13.8 Å². The summed E-state index contributed by atoms with van der Waals surface area (Å²) in [6.45, 7) is 6.22. The molecule has 0 aliphatic rings. The minimum Gasteiger partial charge on any atom is -0.478 e. The van der Waals surface area contributed by atoms with Crippen molar-refractivity contribution >= 4 is 11.9 Å². The fraction of sp³-hybridized carbons (Fsp3) is 0.250. The third-order valence-corrected chi connectivity index (χ3v) is 0.945. The van der Waals surface area contributed by atoms with Gasteiger partial charge in [0.05, 0.1) is 0 Å². The van der Waals surface area contributed by atoms with Crippen molar-refractivity contribution in [2.75, 3.05) is 0 Å². The van der Waals surface area contributed by atoms with Gasteiger partial charge in [-0.3, -0.25) is 0 Å². The molecule has 68 valence electrons. The molecule has 0 aliphatic heterocycles. The summed E-state index contributed by atoms with van der Waals surface area (Å²) >= 11 is 0. The molecule has 0 atom stereocenters. The second-order valence-corrected chi connectivity index (χ2v) is 1.82. The largest absolute Gasteiger partial charge is 0.478 e. The van der Waals surface area contributed by atoms with Crippen molar-refractivity contribution in [1.82, 2.24) is 0 Å². The minimum absolute atomic E-state index is 0.389. The molecule has 0 amide bonds. The van der Waals surface area contributed by atoms with E-state index in [-0.39, 0.29) is 0 Å². The maximum atomic E-state index is 9.86. The van der Waals surface area contributed by atoms with Crippen LogP contribution >= 0.6 is 0 Å². The van der Waals surface area contributed by atoms with Crippen LogP contribution in [0.3, 0.4) is 0 Å². The molecule has 0 aromatic rings. The Labute approximate surface area is 70.8 Å². The third-order valence-electron chi connectivity index (χ3n) is 0.945. The van der Waals surface area contributed by atoms with Gasteiger partial charge in [-0.15, -0.1) is 0 Å². The summed E-state index contributed by atoms with van der Waals surface area (Å²) in [5.74, 6) is -1.83. The van der Waals surface area contributed by atoms with Gasteiger partial charge in [-0.1, -0.05) is 12.7 Å². The van der Waals surface area contributed by atoms with E-state index in [9.17, 15) is 9.59 Å². The fourth-order valence-electron chi connectivity index (χ4n) is 0.123. The van der Waals surface area contributed by atoms with Crippen molar-refractivity contribution in [3.8, 4) is 0 Å². The predicted molar refractivity (Wildman–Crippen MR) is 44.9 cm³/mol. The van der Waals surface area contributed by atoms with E-state index in [1.807, 2.05) is 0 Å². The Hall–Kier alpha value is -1.58. The van der Waals surface area contributed by atoms with Crippen LogP contribution < -0.4 is 0 Å². The first-order valence-corrected chi connectivity index (χ1v) is 3.17. The Morgan fingerprint density at radius 2 is 1.67 bits per heavy atom. The number of hydrogen-bond donors (Lipinski definition) is 2. The van der Waals surface area contributed by atoms with Gasteiger partial charge in [-0.2, -0.15) is 0 Å². The van der Waals surface area contributed by atoms with Crippen LogP contribution in [0.15, 0.2) is 24.3 Å². The topological polar surface area (TPSA) is 74.6 Å². The first kappa shape index (κ1) is 13.0. The zero-order chi connectivity index (χ0) is 10.1. The first-order valence-electron chi connectivity index (χ1n) is 3.17. The molecule has 0 unspecified atom stereocenters. The number of carboxylic acid groups (broad SMARTS) is 2. The zero-order valence-electron chi connectivity index (χ0n) is 7.07. The molecule has 0 aliphatic carbocycles. The minimum atomic E-state index is -0.981. The lowest BCUT2D eigenvalue weighted by atomic mass is 10.3. The number of rotatable bonds is 2. The molecule has 0 radical (unpaired) electrons. The number of carboxylic acids is 2. The molecule has 0 heterocycles. The molecule has 12 heavy (non-hydrogen) atoms. The van der Waals surface area contributed by atoms with E-state index in [1.54, 1.807) is 19.9 Å². The maximum absolute atomic E-state index is 9.86. The lowest BCUT2D eigenvalue weighted by molar-refractivity contribution is -0.133. The van der Waals surface area contributed by atoms with Crippen LogP contribution in [0.25, 0.3) is 0 Å². The van der Waals surface area contributed by atoms with E-state index >= 15 is 0 Å². The predicted octanol–water partition coefficient (Wildman–Crippen LogP) is 1.29. The quantitative estimate of drug-likeness (QED) is 0.615. The molecule has 0 aromatic heterocycles. The summed E-state index contributed by atoms with van der Waals surface area (Å²) < 4.78 is 0. The monoisotopic (exact) mass is 172 g/mol. The molecule has 4 nitrogen and oxygen atoms in total. The van der Waals surface area contributed by atoms with Crippen molar-refractivity contribution in [2.45, 2.75) is 13.8 Å². The second kappa shape index (κ2) is 7.53. The molecule has 0 saturated carbocycles. The van der Waals surface area contributed by atoms with Gasteiger partial charge in [-0.25, -0.2) is 9.59 Å². The molecule has 0 spiro atoms. The lowest BCUT2D eigenvalue weighted by Crippen LogP contribution is -1.93. The highest BCUT2D eigenvalue weighted by atomic mass is 16.4. The number of hydrogen-bond acceptors (Lipinski definition) is 2. The van der Waals surface area contributed by atoms with Crippen molar-refractivity contribution < 1.29 is 19.8 Å². The molecular weight excluding hydrogens is 160 g/mol. The van der Waals surface area contributed by atoms with E-state index in [4.69, 9.17) is 10.2 Å². The Bertz CT molecular complexity index is 203. The van der Waals surface area contributed by atoms with E-state index in [0.29, 0.717) is 5.57 Å². The average Bonchev–Trinajstić information content (AvgIpc) is 2.04. The standard InChI is InChI=1S/C5H8O2.C3H4O2/c1-3-4(2)5(6)7;1-2-3(4)5/h3H,1-2H3,(H,6,7);2H,1H2,(H,4,5)/b4-3+;. The summed E-state index contributed by atoms with van der Waals surface area (Å²) in [5.41, 5.74) is 0.389. The van der Waals surface area contributed by atoms with Crippen molar-refractivity contribution in [3.05, 3.63) is 24.3 Å². The van der Waals surface area contributed by atoms with Gasteiger partial charge >= 0.3 is 11.9 Å². The molecule has 0 bridgehead atoms. The number of aliphatic carboxylic acids is 2. The van der Waals surface area contributed by atoms with E-state index in [0.717, 1.165) is 6.08 Å². The van der Waals surface area contributed by atoms with Gasteiger partial charge in [0.1, 0.15) is 0 Å². The summed E-state index contributed by atoms with van der Waals surface area (Å²) in [6, 6.07) is 0. The van der Waals surface area contributed by atoms with Crippen LogP contribution in [0, 0.1) is 0 Å². The Morgan fingerprint density at radius 3 is 1.67 bits per heavy atom. The van der Waals surface area contributed by atoms with Crippen LogP contribution in [-0.4, -0.2) is 22.2 Å². The Morgan fingerprint density at radius 1 is 1.33 bits per heavy atom. The molecule has 0 saturated heterocycles. The molecular formula is C8H12O4. The van der Waals surface area contributed by atoms with Gasteiger partial charge in [0.15, 0.2) is 0 Å². The normalized spacial score (nSPS) is 9.33. The number of carbonyl (C=O) groups is 2. The molecule has 2 N–H and O–H groups in total. The highest BCUT2D eigenvalue weighted by Crippen LogP contribution is 1.87. The first-order chi connectivity index (χ1) is 5.45. The van der Waals surface area contributed by atoms with Crippen molar-refractivity contribution in [2.24, 2.45) is 0 Å². The van der Waals surface area contributed by atoms with E-state index < -0.39 is 11.9 Å². The smallest absolute Gasteiger partial charge is 0.330 e. The molecule has 4 heteroatoms. The third kappa shape index (κ3) is 11.2. The molecule has 0 aromatic carbocycles. The Kier molecular flexibility index (Phi) is 8.18. The van der Waals surface area contributed by atoms with Gasteiger partial charge in [0.2, 0.25) is 0 Å². The summed E-state index contributed by atoms with van der Waals surface area (Å²) in [7, 11) is 0. The van der Waals surface area contributed by atoms with Crippen LogP contribution in [0.1, 0.15) is 13.8 Å². The van der Waals surface area contributed by atoms with Crippen molar-refractivity contribution in [1.29, 1.82) is 0 Å². The van der Waals surface area contributed by atoms with Crippen LogP contribution in [0.2, 0.25) is 0 Å².